The Morgan fingerprint density at radius 3 is 1.79 bits per heavy atom. The molecule has 2 aromatic rings. The molecule has 1 aliphatic rings. The Labute approximate surface area is 181 Å². The molecule has 0 spiro atoms. The summed E-state index contributed by atoms with van der Waals surface area (Å²) in [6.45, 7) is 12.9. The first-order valence-corrected chi connectivity index (χ1v) is 14.3. The van der Waals surface area contributed by atoms with Crippen LogP contribution in [0.2, 0.25) is 0 Å². The highest BCUT2D eigenvalue weighted by Gasteiger charge is 2.41. The lowest BCUT2D eigenvalue weighted by Crippen LogP contribution is -2.30. The van der Waals surface area contributed by atoms with Gasteiger partial charge in [-0.25, -0.2) is 0 Å². The van der Waals surface area contributed by atoms with Crippen molar-refractivity contribution < 1.29 is 0 Å². The Kier molecular flexibility index (Phi) is 8.73. The Morgan fingerprint density at radius 2 is 1.38 bits per heavy atom. The molecular formula is C26H39NP2. The van der Waals surface area contributed by atoms with Crippen LogP contribution >= 0.6 is 16.1 Å². The van der Waals surface area contributed by atoms with Crippen molar-refractivity contribution >= 4 is 26.8 Å². The normalized spacial score (nSPS) is 20.1. The second kappa shape index (κ2) is 11.0. The minimum absolute atomic E-state index is 0.0910. The molecule has 0 radical (unpaired) electrons. The van der Waals surface area contributed by atoms with Crippen LogP contribution in [0.25, 0.3) is 0 Å². The summed E-state index contributed by atoms with van der Waals surface area (Å²) in [5, 5.41) is 3.08. The molecule has 1 fully saturated rings. The maximum Gasteiger partial charge on any atom is 0.0318 e. The van der Waals surface area contributed by atoms with Gasteiger partial charge < -0.3 is 0 Å². The summed E-state index contributed by atoms with van der Waals surface area (Å²) in [5.41, 5.74) is 4.59. The van der Waals surface area contributed by atoms with Crippen LogP contribution in [0.5, 0.6) is 0 Å². The molecule has 1 nitrogen and oxygen atoms in total. The summed E-state index contributed by atoms with van der Waals surface area (Å²) in [4.78, 5) is 0. The third-order valence-electron chi connectivity index (χ3n) is 6.23. The van der Waals surface area contributed by atoms with Gasteiger partial charge in [-0.15, -0.1) is 0 Å². The van der Waals surface area contributed by atoms with Crippen LogP contribution in [0.15, 0.2) is 48.5 Å². The molecule has 0 aliphatic carbocycles. The van der Waals surface area contributed by atoms with E-state index in [4.69, 9.17) is 0 Å². The zero-order chi connectivity index (χ0) is 20.8. The molecule has 3 heteroatoms. The molecule has 29 heavy (non-hydrogen) atoms. The van der Waals surface area contributed by atoms with E-state index in [1.807, 2.05) is 0 Å². The zero-order valence-electron chi connectivity index (χ0n) is 19.1. The van der Waals surface area contributed by atoms with Crippen molar-refractivity contribution in [3.63, 3.8) is 0 Å². The highest BCUT2D eigenvalue weighted by atomic mass is 31.2. The number of aryl methyl sites for hydroxylation is 2. The van der Waals surface area contributed by atoms with E-state index in [2.05, 4.69) is 87.6 Å². The Bertz CT molecular complexity index is 717. The largest absolute Gasteiger partial charge is 0.252 e. The molecule has 0 N–H and O–H groups in total. The second-order valence-corrected chi connectivity index (χ2v) is 13.7. The smallest absolute Gasteiger partial charge is 0.0318 e. The number of nitrogens with zero attached hydrogens (tertiary/aromatic N) is 1. The van der Waals surface area contributed by atoms with Gasteiger partial charge in [-0.05, 0) is 88.1 Å². The molecule has 0 unspecified atom stereocenters. The van der Waals surface area contributed by atoms with Crippen molar-refractivity contribution in [3.05, 3.63) is 59.7 Å². The van der Waals surface area contributed by atoms with Crippen molar-refractivity contribution in [2.45, 2.75) is 84.5 Å². The van der Waals surface area contributed by atoms with E-state index in [0.717, 1.165) is 11.3 Å². The van der Waals surface area contributed by atoms with Crippen molar-refractivity contribution in [1.29, 1.82) is 0 Å². The minimum atomic E-state index is -0.472. The first kappa shape index (κ1) is 22.9. The molecule has 1 aliphatic heterocycles. The molecule has 0 aromatic heterocycles. The van der Waals surface area contributed by atoms with Gasteiger partial charge in [0.1, 0.15) is 0 Å². The predicted octanol–water partition coefficient (Wildman–Crippen LogP) is 7.50. The van der Waals surface area contributed by atoms with Gasteiger partial charge in [0.25, 0.3) is 0 Å². The molecule has 1 heterocycles. The summed E-state index contributed by atoms with van der Waals surface area (Å²) in [7, 11) is -0.563. The van der Waals surface area contributed by atoms with Gasteiger partial charge in [-0.3, -0.25) is 4.44 Å². The Morgan fingerprint density at radius 1 is 0.862 bits per heavy atom. The fourth-order valence-electron chi connectivity index (χ4n) is 4.66. The molecule has 2 aromatic carbocycles. The number of hydrogen-bond donors (Lipinski definition) is 0. The number of rotatable bonds is 9. The fourth-order valence-corrected chi connectivity index (χ4v) is 12.6. The number of unbranched alkanes of at least 4 members (excludes halogenated alkanes) is 1. The van der Waals surface area contributed by atoms with E-state index in [1.165, 1.54) is 56.2 Å². The molecular weight excluding hydrogens is 388 g/mol. The van der Waals surface area contributed by atoms with Crippen LogP contribution in [0.3, 0.4) is 0 Å². The van der Waals surface area contributed by atoms with Crippen molar-refractivity contribution in [1.82, 2.24) is 4.44 Å². The summed E-state index contributed by atoms with van der Waals surface area (Å²) in [6.07, 6.45) is 8.15. The van der Waals surface area contributed by atoms with E-state index in [-0.39, 0.29) is 8.07 Å². The van der Waals surface area contributed by atoms with E-state index >= 15 is 0 Å². The third-order valence-corrected chi connectivity index (χ3v) is 13.1. The van der Waals surface area contributed by atoms with Gasteiger partial charge >= 0.3 is 0 Å². The average molecular weight is 428 g/mol. The highest BCUT2D eigenvalue weighted by molar-refractivity contribution is 7.79. The molecule has 0 bridgehead atoms. The quantitative estimate of drug-likeness (QED) is 0.375. The van der Waals surface area contributed by atoms with Gasteiger partial charge in [0, 0.05) is 14.6 Å². The zero-order valence-corrected chi connectivity index (χ0v) is 20.9. The van der Waals surface area contributed by atoms with E-state index in [9.17, 15) is 0 Å². The Balaban J connectivity index is 2.11. The van der Waals surface area contributed by atoms with Crippen LogP contribution < -0.4 is 10.6 Å². The molecule has 158 valence electrons. The summed E-state index contributed by atoms with van der Waals surface area (Å²) in [5.74, 6) is 0. The first-order chi connectivity index (χ1) is 14.1. The lowest BCUT2D eigenvalue weighted by atomic mass is 10.1. The third kappa shape index (κ3) is 5.50. The van der Waals surface area contributed by atoms with Crippen LogP contribution in [0, 0.1) is 13.8 Å². The van der Waals surface area contributed by atoms with Crippen LogP contribution in [-0.4, -0.2) is 22.3 Å². The van der Waals surface area contributed by atoms with Gasteiger partial charge in [0.15, 0.2) is 0 Å². The van der Waals surface area contributed by atoms with Crippen LogP contribution in [0.1, 0.15) is 70.4 Å². The summed E-state index contributed by atoms with van der Waals surface area (Å²) in [6, 6.07) is 18.7. The summed E-state index contributed by atoms with van der Waals surface area (Å²) < 4.78 is 3.05. The monoisotopic (exact) mass is 427 g/mol. The van der Waals surface area contributed by atoms with Crippen LogP contribution in [0.4, 0.5) is 0 Å². The molecule has 3 rings (SSSR count). The molecule has 1 saturated heterocycles. The van der Waals surface area contributed by atoms with Crippen LogP contribution in [-0.2, 0) is 0 Å². The van der Waals surface area contributed by atoms with Gasteiger partial charge in [0.05, 0.1) is 0 Å². The van der Waals surface area contributed by atoms with Crippen molar-refractivity contribution in [2.75, 3.05) is 6.54 Å². The molecule has 0 amide bonds. The maximum atomic E-state index is 3.05. The predicted molar refractivity (Wildman–Crippen MR) is 134 cm³/mol. The van der Waals surface area contributed by atoms with Gasteiger partial charge in [0.2, 0.25) is 0 Å². The van der Waals surface area contributed by atoms with E-state index < -0.39 is 8.07 Å². The second-order valence-electron chi connectivity index (χ2n) is 8.52. The van der Waals surface area contributed by atoms with E-state index in [0.29, 0.717) is 0 Å². The van der Waals surface area contributed by atoms with Crippen molar-refractivity contribution in [3.8, 4) is 0 Å². The summed E-state index contributed by atoms with van der Waals surface area (Å²) >= 11 is 0. The van der Waals surface area contributed by atoms with E-state index in [1.54, 1.807) is 10.6 Å². The highest BCUT2D eigenvalue weighted by Crippen LogP contribution is 2.67. The first-order valence-electron chi connectivity index (χ1n) is 11.6. The number of benzene rings is 2. The van der Waals surface area contributed by atoms with Crippen molar-refractivity contribution in [2.24, 2.45) is 0 Å². The van der Waals surface area contributed by atoms with Gasteiger partial charge in [-0.1, -0.05) is 74.7 Å². The number of hydrogen-bond acceptors (Lipinski definition) is 1. The lowest BCUT2D eigenvalue weighted by Gasteiger charge is -2.42. The lowest BCUT2D eigenvalue weighted by molar-refractivity contribution is 0.627. The Hall–Kier alpha value is -0.740. The minimum Gasteiger partial charge on any atom is -0.252 e. The SMILES string of the molecule is CCCCN(P(c1cccc(C)c1)c1cccc(C)c1)P1[C@H](CC)CC[C@H]1CC. The standard InChI is InChI=1S/C26H39NP2/c1-6-9-18-27(28-23(7-2)16-17-24(28)8-3)29(25-14-10-12-21(4)19-25)26-15-11-13-22(5)20-26/h10-15,19-20,23-24H,6-9,16-18H2,1-5H3/t23-,24-/m1/s1. The van der Waals surface area contributed by atoms with Gasteiger partial charge in [-0.2, -0.15) is 0 Å². The maximum absolute atomic E-state index is 3.05. The molecule has 2 atom stereocenters. The fraction of sp³-hybridized carbons (Fsp3) is 0.538. The molecule has 0 saturated carbocycles. The topological polar surface area (TPSA) is 3.24 Å². The average Bonchev–Trinajstić information content (AvgIpc) is 3.14.